The molecule has 25 heavy (non-hydrogen) atoms. The maximum absolute atomic E-state index is 6.11. The van der Waals surface area contributed by atoms with E-state index in [0.29, 0.717) is 13.2 Å². The Hall–Kier alpha value is -2.36. The summed E-state index contributed by atoms with van der Waals surface area (Å²) in [6.45, 7) is 3.21. The van der Waals surface area contributed by atoms with Crippen molar-refractivity contribution >= 4 is 17.0 Å². The van der Waals surface area contributed by atoms with Gasteiger partial charge in [-0.2, -0.15) is 0 Å². The van der Waals surface area contributed by atoms with Gasteiger partial charge in [-0.25, -0.2) is 0 Å². The number of hydrogen-bond acceptors (Lipinski definition) is 3. The fourth-order valence-electron chi connectivity index (χ4n) is 3.44. The maximum atomic E-state index is 6.11. The van der Waals surface area contributed by atoms with Gasteiger partial charge in [0.05, 0.1) is 13.2 Å². The molecule has 0 aliphatic carbocycles. The van der Waals surface area contributed by atoms with E-state index in [4.69, 9.17) is 9.15 Å². The van der Waals surface area contributed by atoms with Crippen LogP contribution in [0.25, 0.3) is 17.0 Å². The molecule has 1 aliphatic heterocycles. The molecule has 3 aromatic rings. The summed E-state index contributed by atoms with van der Waals surface area (Å²) in [6.07, 6.45) is 5.18. The van der Waals surface area contributed by atoms with Crippen LogP contribution >= 0.6 is 0 Å². The first-order chi connectivity index (χ1) is 12.3. The van der Waals surface area contributed by atoms with E-state index in [1.54, 1.807) is 0 Å². The molecule has 1 aromatic heterocycles. The second kappa shape index (κ2) is 7.26. The summed E-state index contributed by atoms with van der Waals surface area (Å²) in [7, 11) is 2.17. The fraction of sp³-hybridized carbons (Fsp3) is 0.273. The summed E-state index contributed by atoms with van der Waals surface area (Å²) in [5.74, 6) is 0.958. The fourth-order valence-corrected chi connectivity index (χ4v) is 3.44. The Bertz CT molecular complexity index is 880. The van der Waals surface area contributed by atoms with Crippen LogP contribution in [0.4, 0.5) is 0 Å². The van der Waals surface area contributed by atoms with Crippen molar-refractivity contribution in [3.63, 3.8) is 0 Å². The number of likely N-dealkylation sites (N-methyl/N-ethyl adjacent to an activating group) is 1. The Morgan fingerprint density at radius 1 is 1.12 bits per heavy atom. The topological polar surface area (TPSA) is 25.6 Å². The van der Waals surface area contributed by atoms with Gasteiger partial charge in [-0.05, 0) is 36.7 Å². The van der Waals surface area contributed by atoms with Gasteiger partial charge in [0, 0.05) is 24.0 Å². The van der Waals surface area contributed by atoms with Gasteiger partial charge in [-0.15, -0.1) is 0 Å². The number of ether oxygens (including phenoxy) is 1. The minimum Gasteiger partial charge on any atom is -0.456 e. The van der Waals surface area contributed by atoms with Crippen molar-refractivity contribution in [2.24, 2.45) is 0 Å². The zero-order chi connectivity index (χ0) is 17.1. The van der Waals surface area contributed by atoms with Crippen LogP contribution < -0.4 is 0 Å². The maximum Gasteiger partial charge on any atom is 0.135 e. The molecule has 0 saturated carbocycles. The molecule has 3 nitrogen and oxygen atoms in total. The smallest absolute Gasteiger partial charge is 0.135 e. The predicted octanol–water partition coefficient (Wildman–Crippen LogP) is 4.65. The van der Waals surface area contributed by atoms with Gasteiger partial charge in [0.1, 0.15) is 11.3 Å². The SMILES string of the molecule is CN1CCc2cccc3oc(/C=C/COCc4ccccc4)c(c23)C1. The molecule has 128 valence electrons. The Kier molecular flexibility index (Phi) is 4.68. The van der Waals surface area contributed by atoms with Crippen molar-refractivity contribution in [1.82, 2.24) is 4.90 Å². The molecule has 0 fully saturated rings. The monoisotopic (exact) mass is 333 g/mol. The Morgan fingerprint density at radius 2 is 2.00 bits per heavy atom. The highest BCUT2D eigenvalue weighted by Crippen LogP contribution is 2.33. The lowest BCUT2D eigenvalue weighted by Crippen LogP contribution is -2.18. The van der Waals surface area contributed by atoms with Crippen molar-refractivity contribution in [1.29, 1.82) is 0 Å². The van der Waals surface area contributed by atoms with Crippen LogP contribution in [0.1, 0.15) is 22.5 Å². The van der Waals surface area contributed by atoms with Gasteiger partial charge in [0.15, 0.2) is 0 Å². The van der Waals surface area contributed by atoms with E-state index < -0.39 is 0 Å². The molecule has 0 N–H and O–H groups in total. The van der Waals surface area contributed by atoms with Crippen LogP contribution in [0.2, 0.25) is 0 Å². The van der Waals surface area contributed by atoms with Crippen LogP contribution in [0.3, 0.4) is 0 Å². The second-order valence-corrected chi connectivity index (χ2v) is 6.63. The van der Waals surface area contributed by atoms with Gasteiger partial charge in [-0.1, -0.05) is 48.5 Å². The van der Waals surface area contributed by atoms with Gasteiger partial charge in [0.2, 0.25) is 0 Å². The van der Waals surface area contributed by atoms with Gasteiger partial charge in [-0.3, -0.25) is 0 Å². The van der Waals surface area contributed by atoms with Crippen LogP contribution in [0, 0.1) is 0 Å². The number of nitrogens with zero attached hydrogens (tertiary/aromatic N) is 1. The Labute approximate surface area is 148 Å². The predicted molar refractivity (Wildman–Crippen MR) is 101 cm³/mol. The van der Waals surface area contributed by atoms with E-state index in [0.717, 1.165) is 30.9 Å². The number of hydrogen-bond donors (Lipinski definition) is 0. The molecular formula is C22H23NO2. The zero-order valence-corrected chi connectivity index (χ0v) is 14.6. The molecule has 0 bridgehead atoms. The average molecular weight is 333 g/mol. The summed E-state index contributed by atoms with van der Waals surface area (Å²) in [4.78, 5) is 2.35. The molecule has 1 aliphatic rings. The highest BCUT2D eigenvalue weighted by Gasteiger charge is 2.20. The molecule has 0 spiro atoms. The van der Waals surface area contributed by atoms with E-state index in [1.807, 2.05) is 24.3 Å². The Balaban J connectivity index is 1.49. The molecule has 4 rings (SSSR count). The molecule has 0 saturated heterocycles. The average Bonchev–Trinajstić information content (AvgIpc) is 2.88. The number of rotatable bonds is 5. The number of furan rings is 1. The lowest BCUT2D eigenvalue weighted by Gasteiger charge is -2.12. The lowest BCUT2D eigenvalue weighted by atomic mass is 10.0. The van der Waals surface area contributed by atoms with Crippen LogP contribution in [0.5, 0.6) is 0 Å². The van der Waals surface area contributed by atoms with Gasteiger partial charge in [0.25, 0.3) is 0 Å². The van der Waals surface area contributed by atoms with E-state index in [9.17, 15) is 0 Å². The molecule has 3 heteroatoms. The van der Waals surface area contributed by atoms with E-state index >= 15 is 0 Å². The number of benzene rings is 2. The minimum atomic E-state index is 0.577. The molecule has 0 unspecified atom stereocenters. The van der Waals surface area contributed by atoms with Crippen molar-refractivity contribution in [3.8, 4) is 0 Å². The molecular weight excluding hydrogens is 310 g/mol. The van der Waals surface area contributed by atoms with Crippen molar-refractivity contribution < 1.29 is 9.15 Å². The largest absolute Gasteiger partial charge is 0.456 e. The van der Waals surface area contributed by atoms with Crippen molar-refractivity contribution in [2.45, 2.75) is 19.6 Å². The molecule has 0 atom stereocenters. The zero-order valence-electron chi connectivity index (χ0n) is 14.6. The van der Waals surface area contributed by atoms with Crippen LogP contribution in [0.15, 0.2) is 59.0 Å². The van der Waals surface area contributed by atoms with E-state index in [-0.39, 0.29) is 0 Å². The third-order valence-corrected chi connectivity index (χ3v) is 4.72. The van der Waals surface area contributed by atoms with E-state index in [1.165, 1.54) is 22.1 Å². The summed E-state index contributed by atoms with van der Waals surface area (Å²) < 4.78 is 11.8. The minimum absolute atomic E-state index is 0.577. The lowest BCUT2D eigenvalue weighted by molar-refractivity contribution is 0.149. The summed E-state index contributed by atoms with van der Waals surface area (Å²) in [5.41, 5.74) is 4.87. The summed E-state index contributed by atoms with van der Waals surface area (Å²) in [5, 5.41) is 1.30. The Morgan fingerprint density at radius 3 is 2.88 bits per heavy atom. The van der Waals surface area contributed by atoms with Crippen molar-refractivity contribution in [2.75, 3.05) is 20.2 Å². The van der Waals surface area contributed by atoms with Crippen LogP contribution in [-0.2, 0) is 24.3 Å². The second-order valence-electron chi connectivity index (χ2n) is 6.63. The van der Waals surface area contributed by atoms with Crippen molar-refractivity contribution in [3.05, 3.63) is 77.1 Å². The third-order valence-electron chi connectivity index (χ3n) is 4.72. The third kappa shape index (κ3) is 3.53. The standard InChI is InChI=1S/C22H23NO2/c1-23-13-12-18-9-5-10-21-22(18)19(15-23)20(25-21)11-6-14-24-16-17-7-3-2-4-8-17/h2-11H,12-16H2,1H3/b11-6+. The van der Waals surface area contributed by atoms with E-state index in [2.05, 4.69) is 48.4 Å². The summed E-state index contributed by atoms with van der Waals surface area (Å²) in [6, 6.07) is 16.6. The first kappa shape index (κ1) is 16.1. The molecule has 2 aromatic carbocycles. The molecule has 0 radical (unpaired) electrons. The molecule has 0 amide bonds. The quantitative estimate of drug-likeness (QED) is 0.636. The highest BCUT2D eigenvalue weighted by atomic mass is 16.5. The van der Waals surface area contributed by atoms with Crippen LogP contribution in [-0.4, -0.2) is 25.1 Å². The van der Waals surface area contributed by atoms with Gasteiger partial charge >= 0.3 is 0 Å². The highest BCUT2D eigenvalue weighted by molar-refractivity contribution is 5.88. The first-order valence-electron chi connectivity index (χ1n) is 8.81. The van der Waals surface area contributed by atoms with Gasteiger partial charge < -0.3 is 14.1 Å². The normalized spacial score (nSPS) is 15.1. The summed E-state index contributed by atoms with van der Waals surface area (Å²) >= 11 is 0. The molecule has 2 heterocycles. The first-order valence-corrected chi connectivity index (χ1v) is 8.81.